The van der Waals surface area contributed by atoms with Gasteiger partial charge in [0.05, 0.1) is 5.56 Å². The Labute approximate surface area is 204 Å². The second-order valence-electron chi connectivity index (χ2n) is 9.12. The number of carbonyl (C=O) groups is 1. The van der Waals surface area contributed by atoms with Crippen LogP contribution < -0.4 is 10.1 Å². The van der Waals surface area contributed by atoms with Gasteiger partial charge in [0.1, 0.15) is 23.1 Å². The van der Waals surface area contributed by atoms with Crippen molar-refractivity contribution in [1.82, 2.24) is 15.2 Å². The fraction of sp³-hybridized carbons (Fsp3) is 0.500. The average molecular weight is 491 g/mol. The quantitative estimate of drug-likeness (QED) is 0.318. The number of halogens is 3. The largest absolute Gasteiger partial charge is 0.490 e. The molecular formula is C26H33F3N4O2. The van der Waals surface area contributed by atoms with Gasteiger partial charge in [0.2, 0.25) is 5.91 Å². The van der Waals surface area contributed by atoms with Crippen molar-refractivity contribution < 1.29 is 22.7 Å². The first kappa shape index (κ1) is 26.5. The molecule has 1 saturated heterocycles. The van der Waals surface area contributed by atoms with Crippen LogP contribution in [0, 0.1) is 0 Å². The molecule has 1 N–H and O–H groups in total. The van der Waals surface area contributed by atoms with Crippen molar-refractivity contribution in [3.8, 4) is 5.75 Å². The number of aliphatic imine (C=N–C) groups is 1. The molecule has 1 amide bonds. The maximum atomic E-state index is 13.3. The number of nitrogens with zero attached hydrogens (tertiary/aromatic N) is 3. The number of ether oxygens (including phenoxy) is 1. The molecule has 1 aromatic heterocycles. The number of amidine groups is 1. The first-order valence-corrected chi connectivity index (χ1v) is 12.0. The van der Waals surface area contributed by atoms with Gasteiger partial charge in [-0.05, 0) is 44.5 Å². The monoisotopic (exact) mass is 490 g/mol. The van der Waals surface area contributed by atoms with Crippen LogP contribution in [-0.4, -0.2) is 52.9 Å². The summed E-state index contributed by atoms with van der Waals surface area (Å²) in [5.74, 6) is 0.277. The molecule has 2 aromatic rings. The highest BCUT2D eigenvalue weighted by Crippen LogP contribution is 2.37. The van der Waals surface area contributed by atoms with Crippen LogP contribution in [0.2, 0.25) is 0 Å². The molecule has 1 aliphatic heterocycles. The number of nitrogens with one attached hydrogen (secondary N) is 1. The standard InChI is InChI=1S/C26H33F3N4O2/c1-4-5-15-31-24(34)25(2,3)32-23(21-11-8-9-16-30-21)33-17-13-19(14-18-33)35-22-12-7-6-10-20(22)26(27,28)29/h6-12,16,19H,4-5,13-15,17-18H2,1-3H3,(H,31,34). The third kappa shape index (κ3) is 7.19. The van der Waals surface area contributed by atoms with Crippen LogP contribution in [0.25, 0.3) is 0 Å². The average Bonchev–Trinajstić information content (AvgIpc) is 2.83. The van der Waals surface area contributed by atoms with Gasteiger partial charge in [-0.25, -0.2) is 0 Å². The van der Waals surface area contributed by atoms with E-state index in [1.165, 1.54) is 12.1 Å². The molecule has 1 aromatic carbocycles. The molecule has 2 heterocycles. The van der Waals surface area contributed by atoms with Gasteiger partial charge in [-0.3, -0.25) is 14.8 Å². The summed E-state index contributed by atoms with van der Waals surface area (Å²) in [6.07, 6.45) is -0.257. The van der Waals surface area contributed by atoms with Crippen molar-refractivity contribution in [2.75, 3.05) is 19.6 Å². The molecule has 0 spiro atoms. The molecule has 0 atom stereocenters. The van der Waals surface area contributed by atoms with E-state index in [0.29, 0.717) is 44.0 Å². The van der Waals surface area contributed by atoms with Crippen LogP contribution in [0.4, 0.5) is 13.2 Å². The fourth-order valence-corrected chi connectivity index (χ4v) is 3.86. The number of aromatic nitrogens is 1. The molecule has 0 radical (unpaired) electrons. The molecule has 0 bridgehead atoms. The number of amides is 1. The number of benzene rings is 1. The summed E-state index contributed by atoms with van der Waals surface area (Å²) < 4.78 is 45.8. The number of unbranched alkanes of at least 4 members (excludes halogenated alkanes) is 1. The van der Waals surface area contributed by atoms with Gasteiger partial charge in [0, 0.05) is 38.7 Å². The maximum Gasteiger partial charge on any atom is 0.419 e. The first-order chi connectivity index (χ1) is 16.6. The van der Waals surface area contributed by atoms with Gasteiger partial charge in [0.15, 0.2) is 5.84 Å². The number of para-hydroxylation sites is 1. The van der Waals surface area contributed by atoms with Crippen LogP contribution in [-0.2, 0) is 11.0 Å². The second kappa shape index (κ2) is 11.6. The molecular weight excluding hydrogens is 457 g/mol. The lowest BCUT2D eigenvalue weighted by atomic mass is 10.0. The maximum absolute atomic E-state index is 13.3. The van der Waals surface area contributed by atoms with Crippen molar-refractivity contribution in [3.63, 3.8) is 0 Å². The smallest absolute Gasteiger partial charge is 0.419 e. The molecule has 3 rings (SSSR count). The summed E-state index contributed by atoms with van der Waals surface area (Å²) in [7, 11) is 0. The van der Waals surface area contributed by atoms with Crippen molar-refractivity contribution in [2.45, 2.75) is 64.3 Å². The lowest BCUT2D eigenvalue weighted by molar-refractivity contribution is -0.139. The van der Waals surface area contributed by atoms with Crippen LogP contribution in [0.1, 0.15) is 57.7 Å². The number of carbonyl (C=O) groups excluding carboxylic acids is 1. The van der Waals surface area contributed by atoms with E-state index < -0.39 is 17.3 Å². The predicted molar refractivity (Wildman–Crippen MR) is 129 cm³/mol. The van der Waals surface area contributed by atoms with Gasteiger partial charge in [-0.1, -0.05) is 31.5 Å². The number of rotatable bonds is 8. The zero-order chi connectivity index (χ0) is 25.5. The number of hydrogen-bond acceptors (Lipinski definition) is 4. The Bertz CT molecular complexity index is 1000. The van der Waals surface area contributed by atoms with Gasteiger partial charge in [0.25, 0.3) is 0 Å². The van der Waals surface area contributed by atoms with E-state index in [-0.39, 0.29) is 17.8 Å². The highest BCUT2D eigenvalue weighted by atomic mass is 19.4. The Morgan fingerprint density at radius 3 is 2.46 bits per heavy atom. The predicted octanol–water partition coefficient (Wildman–Crippen LogP) is 5.09. The van der Waals surface area contributed by atoms with Crippen molar-refractivity contribution >= 4 is 11.7 Å². The lowest BCUT2D eigenvalue weighted by Crippen LogP contribution is -2.46. The minimum absolute atomic E-state index is 0.151. The van der Waals surface area contributed by atoms with Gasteiger partial charge in [-0.15, -0.1) is 0 Å². The molecule has 6 nitrogen and oxygen atoms in total. The third-order valence-electron chi connectivity index (χ3n) is 5.88. The molecule has 190 valence electrons. The van der Waals surface area contributed by atoms with E-state index >= 15 is 0 Å². The van der Waals surface area contributed by atoms with Gasteiger partial charge >= 0.3 is 6.18 Å². The summed E-state index contributed by atoms with van der Waals surface area (Å²) in [6.45, 7) is 7.21. The minimum atomic E-state index is -4.47. The molecule has 0 aliphatic carbocycles. The molecule has 1 aliphatic rings. The van der Waals surface area contributed by atoms with Crippen LogP contribution in [0.3, 0.4) is 0 Å². The lowest BCUT2D eigenvalue weighted by Gasteiger charge is -2.35. The highest BCUT2D eigenvalue weighted by Gasteiger charge is 2.35. The molecule has 1 fully saturated rings. The summed E-state index contributed by atoms with van der Waals surface area (Å²) in [4.78, 5) is 24.1. The molecule has 9 heteroatoms. The van der Waals surface area contributed by atoms with E-state index in [4.69, 9.17) is 9.73 Å². The highest BCUT2D eigenvalue weighted by molar-refractivity contribution is 5.99. The number of likely N-dealkylation sites (tertiary alicyclic amines) is 1. The Kier molecular flexibility index (Phi) is 8.75. The number of piperidine rings is 1. The van der Waals surface area contributed by atoms with Crippen molar-refractivity contribution in [2.24, 2.45) is 4.99 Å². The van der Waals surface area contributed by atoms with Crippen LogP contribution in [0.15, 0.2) is 53.7 Å². The van der Waals surface area contributed by atoms with E-state index in [1.54, 1.807) is 26.1 Å². The number of alkyl halides is 3. The van der Waals surface area contributed by atoms with Crippen LogP contribution in [0.5, 0.6) is 5.75 Å². The Balaban J connectivity index is 1.75. The topological polar surface area (TPSA) is 66.8 Å². The molecule has 35 heavy (non-hydrogen) atoms. The first-order valence-electron chi connectivity index (χ1n) is 12.0. The van der Waals surface area contributed by atoms with Crippen LogP contribution >= 0.6 is 0 Å². The normalized spacial score (nSPS) is 15.7. The molecule has 0 unspecified atom stereocenters. The summed E-state index contributed by atoms with van der Waals surface area (Å²) in [5.41, 5.74) is -1.14. The van der Waals surface area contributed by atoms with Crippen molar-refractivity contribution in [1.29, 1.82) is 0 Å². The number of hydrogen-bond donors (Lipinski definition) is 1. The second-order valence-corrected chi connectivity index (χ2v) is 9.12. The third-order valence-corrected chi connectivity index (χ3v) is 5.88. The Morgan fingerprint density at radius 1 is 1.14 bits per heavy atom. The summed E-state index contributed by atoms with van der Waals surface area (Å²) in [6, 6.07) is 10.8. The fourth-order valence-electron chi connectivity index (χ4n) is 3.86. The van der Waals surface area contributed by atoms with E-state index in [0.717, 1.165) is 18.9 Å². The Hall–Kier alpha value is -3.10. The summed E-state index contributed by atoms with van der Waals surface area (Å²) >= 11 is 0. The SMILES string of the molecule is CCCCNC(=O)C(C)(C)N=C(c1ccccn1)N1CCC(Oc2ccccc2C(F)(F)F)CC1. The van der Waals surface area contributed by atoms with Gasteiger partial charge < -0.3 is 15.0 Å². The zero-order valence-electron chi connectivity index (χ0n) is 20.4. The van der Waals surface area contributed by atoms with Gasteiger partial charge in [-0.2, -0.15) is 13.2 Å². The van der Waals surface area contributed by atoms with Crippen molar-refractivity contribution in [3.05, 3.63) is 59.9 Å². The molecule has 0 saturated carbocycles. The zero-order valence-corrected chi connectivity index (χ0v) is 20.4. The Morgan fingerprint density at radius 2 is 1.83 bits per heavy atom. The minimum Gasteiger partial charge on any atom is -0.490 e. The summed E-state index contributed by atoms with van der Waals surface area (Å²) in [5, 5.41) is 2.94. The van der Waals surface area contributed by atoms with E-state index in [9.17, 15) is 18.0 Å². The van der Waals surface area contributed by atoms with E-state index in [1.807, 2.05) is 23.1 Å². The number of pyridine rings is 1. The van der Waals surface area contributed by atoms with E-state index in [2.05, 4.69) is 17.2 Å².